The topological polar surface area (TPSA) is 51.2 Å². The molecule has 0 bridgehead atoms. The summed E-state index contributed by atoms with van der Waals surface area (Å²) in [6.45, 7) is 0.936. The highest BCUT2D eigenvalue weighted by Crippen LogP contribution is 2.22. The van der Waals surface area contributed by atoms with Crippen LogP contribution in [0.25, 0.3) is 0 Å². The van der Waals surface area contributed by atoms with Gasteiger partial charge < -0.3 is 10.1 Å². The summed E-state index contributed by atoms with van der Waals surface area (Å²) in [5.41, 5.74) is 5.37. The third-order valence-electron chi connectivity index (χ3n) is 4.85. The average molecular weight is 358 g/mol. The summed E-state index contributed by atoms with van der Waals surface area (Å²) >= 11 is 0. The van der Waals surface area contributed by atoms with E-state index in [1.807, 2.05) is 54.6 Å². The van der Waals surface area contributed by atoms with Crippen LogP contribution in [0, 0.1) is 0 Å². The van der Waals surface area contributed by atoms with E-state index in [0.717, 1.165) is 35.4 Å². The number of aryl methyl sites for hydroxylation is 2. The highest BCUT2D eigenvalue weighted by Gasteiger charge is 2.13. The first kappa shape index (κ1) is 17.3. The Hall–Kier alpha value is -3.14. The maximum atomic E-state index is 12.4. The first-order valence-corrected chi connectivity index (χ1v) is 9.29. The lowest BCUT2D eigenvalue weighted by Crippen LogP contribution is -2.22. The number of carbonyl (C=O) groups is 1. The van der Waals surface area contributed by atoms with Crippen LogP contribution in [0.2, 0.25) is 0 Å². The van der Waals surface area contributed by atoms with E-state index in [0.29, 0.717) is 13.2 Å². The standard InChI is InChI=1S/C23H22N2O2/c26-23(20-10-9-18-4-3-5-19(18)14-20)25-15-17-7-11-22(12-8-17)27-16-21-6-1-2-13-24-21/h1-2,6-14H,3-5,15-16H2,(H,25,26). The molecule has 136 valence electrons. The third-order valence-corrected chi connectivity index (χ3v) is 4.85. The zero-order chi connectivity index (χ0) is 18.5. The van der Waals surface area contributed by atoms with Crippen molar-refractivity contribution in [1.29, 1.82) is 0 Å². The predicted octanol–water partition coefficient (Wildman–Crippen LogP) is 4.08. The minimum absolute atomic E-state index is 0.0276. The van der Waals surface area contributed by atoms with Crippen molar-refractivity contribution >= 4 is 5.91 Å². The van der Waals surface area contributed by atoms with E-state index in [2.05, 4.69) is 16.4 Å². The van der Waals surface area contributed by atoms with E-state index in [9.17, 15) is 4.79 Å². The molecule has 0 saturated carbocycles. The molecule has 2 aromatic carbocycles. The molecule has 1 aliphatic rings. The van der Waals surface area contributed by atoms with Gasteiger partial charge in [-0.25, -0.2) is 0 Å². The van der Waals surface area contributed by atoms with Crippen molar-refractivity contribution in [3.05, 3.63) is 94.8 Å². The average Bonchev–Trinajstić information content (AvgIpc) is 3.20. The maximum absolute atomic E-state index is 12.4. The normalized spacial score (nSPS) is 12.4. The number of rotatable bonds is 6. The van der Waals surface area contributed by atoms with E-state index < -0.39 is 0 Å². The quantitative estimate of drug-likeness (QED) is 0.722. The molecule has 0 radical (unpaired) electrons. The first-order valence-electron chi connectivity index (χ1n) is 9.29. The molecular weight excluding hydrogens is 336 g/mol. The monoisotopic (exact) mass is 358 g/mol. The number of carbonyl (C=O) groups excluding carboxylic acids is 1. The van der Waals surface area contributed by atoms with Crippen LogP contribution in [0.3, 0.4) is 0 Å². The number of fused-ring (bicyclic) bond motifs is 1. The van der Waals surface area contributed by atoms with E-state index in [1.165, 1.54) is 17.5 Å². The predicted molar refractivity (Wildman–Crippen MR) is 105 cm³/mol. The summed E-state index contributed by atoms with van der Waals surface area (Å²) in [5, 5.41) is 2.99. The number of benzene rings is 2. The Morgan fingerprint density at radius 1 is 1.00 bits per heavy atom. The summed E-state index contributed by atoms with van der Waals surface area (Å²) < 4.78 is 5.73. The lowest BCUT2D eigenvalue weighted by atomic mass is 10.1. The Morgan fingerprint density at radius 2 is 1.85 bits per heavy atom. The molecule has 1 aliphatic carbocycles. The van der Waals surface area contributed by atoms with Gasteiger partial charge in [0.15, 0.2) is 0 Å². The van der Waals surface area contributed by atoms with Gasteiger partial charge in [0.1, 0.15) is 12.4 Å². The lowest BCUT2D eigenvalue weighted by molar-refractivity contribution is 0.0951. The molecule has 27 heavy (non-hydrogen) atoms. The van der Waals surface area contributed by atoms with E-state index >= 15 is 0 Å². The summed E-state index contributed by atoms with van der Waals surface area (Å²) in [4.78, 5) is 16.6. The molecule has 4 nitrogen and oxygen atoms in total. The van der Waals surface area contributed by atoms with Gasteiger partial charge in [-0.3, -0.25) is 9.78 Å². The minimum atomic E-state index is -0.0276. The number of nitrogens with zero attached hydrogens (tertiary/aromatic N) is 1. The van der Waals surface area contributed by atoms with Crippen LogP contribution in [0.1, 0.15) is 39.2 Å². The minimum Gasteiger partial charge on any atom is -0.487 e. The second kappa shape index (κ2) is 8.04. The lowest BCUT2D eigenvalue weighted by Gasteiger charge is -2.09. The number of ether oxygens (including phenoxy) is 1. The van der Waals surface area contributed by atoms with Crippen molar-refractivity contribution in [3.63, 3.8) is 0 Å². The van der Waals surface area contributed by atoms with Crippen LogP contribution in [0.4, 0.5) is 0 Å². The maximum Gasteiger partial charge on any atom is 0.251 e. The molecule has 1 amide bonds. The van der Waals surface area contributed by atoms with Crippen molar-refractivity contribution in [2.75, 3.05) is 0 Å². The van der Waals surface area contributed by atoms with Gasteiger partial charge in [-0.15, -0.1) is 0 Å². The van der Waals surface area contributed by atoms with Crippen molar-refractivity contribution in [3.8, 4) is 5.75 Å². The molecule has 4 rings (SSSR count). The van der Waals surface area contributed by atoms with E-state index in [4.69, 9.17) is 4.74 Å². The Labute approximate surface area is 159 Å². The van der Waals surface area contributed by atoms with Gasteiger partial charge in [-0.2, -0.15) is 0 Å². The molecule has 0 atom stereocenters. The number of nitrogens with one attached hydrogen (secondary N) is 1. The Bertz CT molecular complexity index is 921. The number of hydrogen-bond donors (Lipinski definition) is 1. The van der Waals surface area contributed by atoms with Crippen molar-refractivity contribution in [2.45, 2.75) is 32.4 Å². The van der Waals surface area contributed by atoms with Gasteiger partial charge >= 0.3 is 0 Å². The highest BCUT2D eigenvalue weighted by atomic mass is 16.5. The SMILES string of the molecule is O=C(NCc1ccc(OCc2ccccn2)cc1)c1ccc2c(c1)CCC2. The van der Waals surface area contributed by atoms with Crippen LogP contribution in [-0.4, -0.2) is 10.9 Å². The molecule has 0 aliphatic heterocycles. The summed E-state index contributed by atoms with van der Waals surface area (Å²) in [6, 6.07) is 19.6. The highest BCUT2D eigenvalue weighted by molar-refractivity contribution is 5.94. The zero-order valence-electron chi connectivity index (χ0n) is 15.2. The fourth-order valence-corrected chi connectivity index (χ4v) is 3.34. The molecule has 1 heterocycles. The van der Waals surface area contributed by atoms with Crippen LogP contribution in [-0.2, 0) is 26.0 Å². The van der Waals surface area contributed by atoms with Gasteiger partial charge in [0.25, 0.3) is 5.91 Å². The molecule has 0 spiro atoms. The Morgan fingerprint density at radius 3 is 2.67 bits per heavy atom. The van der Waals surface area contributed by atoms with Crippen LogP contribution in [0.15, 0.2) is 66.9 Å². The van der Waals surface area contributed by atoms with Gasteiger partial charge in [-0.05, 0) is 72.4 Å². The molecule has 1 aromatic heterocycles. The van der Waals surface area contributed by atoms with Crippen molar-refractivity contribution in [1.82, 2.24) is 10.3 Å². The number of pyridine rings is 1. The van der Waals surface area contributed by atoms with Crippen LogP contribution in [0.5, 0.6) is 5.75 Å². The zero-order valence-corrected chi connectivity index (χ0v) is 15.2. The first-order chi connectivity index (χ1) is 13.3. The van der Waals surface area contributed by atoms with Gasteiger partial charge in [0.05, 0.1) is 5.69 Å². The number of hydrogen-bond acceptors (Lipinski definition) is 3. The largest absolute Gasteiger partial charge is 0.487 e. The summed E-state index contributed by atoms with van der Waals surface area (Å²) in [6.07, 6.45) is 5.16. The Balaban J connectivity index is 1.30. The Kier molecular flexibility index (Phi) is 5.15. The van der Waals surface area contributed by atoms with Crippen LogP contribution < -0.4 is 10.1 Å². The van der Waals surface area contributed by atoms with Crippen molar-refractivity contribution < 1.29 is 9.53 Å². The smallest absolute Gasteiger partial charge is 0.251 e. The van der Waals surface area contributed by atoms with E-state index in [-0.39, 0.29) is 5.91 Å². The number of aromatic nitrogens is 1. The van der Waals surface area contributed by atoms with Crippen LogP contribution >= 0.6 is 0 Å². The molecule has 0 fully saturated rings. The fraction of sp³-hybridized carbons (Fsp3) is 0.217. The molecule has 0 saturated heterocycles. The van der Waals surface area contributed by atoms with Gasteiger partial charge in [-0.1, -0.05) is 24.3 Å². The third kappa shape index (κ3) is 4.34. The van der Waals surface area contributed by atoms with E-state index in [1.54, 1.807) is 6.20 Å². The van der Waals surface area contributed by atoms with Crippen molar-refractivity contribution in [2.24, 2.45) is 0 Å². The molecule has 3 aromatic rings. The number of amides is 1. The summed E-state index contributed by atoms with van der Waals surface area (Å²) in [7, 11) is 0. The second-order valence-corrected chi connectivity index (χ2v) is 6.77. The second-order valence-electron chi connectivity index (χ2n) is 6.77. The fourth-order valence-electron chi connectivity index (χ4n) is 3.34. The summed E-state index contributed by atoms with van der Waals surface area (Å²) in [5.74, 6) is 0.759. The molecule has 1 N–H and O–H groups in total. The van der Waals surface area contributed by atoms with Gasteiger partial charge in [0.2, 0.25) is 0 Å². The van der Waals surface area contributed by atoms with Gasteiger partial charge in [0, 0.05) is 18.3 Å². The molecular formula is C23H22N2O2. The molecule has 0 unspecified atom stereocenters. The molecule has 4 heteroatoms.